The second-order valence-electron chi connectivity index (χ2n) is 7.30. The van der Waals surface area contributed by atoms with Gasteiger partial charge in [0, 0.05) is 22.1 Å². The van der Waals surface area contributed by atoms with Gasteiger partial charge < -0.3 is 4.57 Å². The molecular weight excluding hydrogens is 326 g/mol. The number of para-hydroxylation sites is 2. The van der Waals surface area contributed by atoms with Crippen molar-refractivity contribution in [3.63, 3.8) is 0 Å². The summed E-state index contributed by atoms with van der Waals surface area (Å²) in [7, 11) is 0. The first-order chi connectivity index (χ1) is 13.3. The quantitative estimate of drug-likeness (QED) is 0.383. The monoisotopic (exact) mass is 347 g/mol. The maximum atomic E-state index is 2.36. The van der Waals surface area contributed by atoms with Crippen LogP contribution >= 0.6 is 0 Å². The average Bonchev–Trinajstić information content (AvgIpc) is 2.94. The van der Waals surface area contributed by atoms with Crippen molar-refractivity contribution in [2.24, 2.45) is 0 Å². The lowest BCUT2D eigenvalue weighted by Crippen LogP contribution is -2.14. The van der Waals surface area contributed by atoms with E-state index < -0.39 is 0 Å². The molecule has 0 spiro atoms. The van der Waals surface area contributed by atoms with Crippen molar-refractivity contribution < 1.29 is 0 Å². The second kappa shape index (κ2) is 6.14. The van der Waals surface area contributed by atoms with Crippen molar-refractivity contribution in [1.82, 2.24) is 4.57 Å². The Labute approximate surface area is 159 Å². The van der Waals surface area contributed by atoms with E-state index in [0.29, 0.717) is 0 Å². The third kappa shape index (κ3) is 2.55. The molecule has 0 N–H and O–H groups in total. The van der Waals surface area contributed by atoms with Crippen molar-refractivity contribution >= 4 is 23.1 Å². The number of hydrogen-bond acceptors (Lipinski definition) is 0. The zero-order valence-corrected chi connectivity index (χ0v) is 15.3. The molecule has 0 fully saturated rings. The van der Waals surface area contributed by atoms with Crippen molar-refractivity contribution in [2.75, 3.05) is 0 Å². The highest BCUT2D eigenvalue weighted by molar-refractivity contribution is 5.96. The van der Waals surface area contributed by atoms with Crippen LogP contribution in [0, 0.1) is 0 Å². The highest BCUT2D eigenvalue weighted by Gasteiger charge is 2.24. The minimum atomic E-state index is -0.122. The molecule has 0 saturated heterocycles. The minimum absolute atomic E-state index is 0.122. The molecule has 3 aromatic carbocycles. The molecule has 1 unspecified atom stereocenters. The molecule has 0 aliphatic heterocycles. The maximum Gasteiger partial charge on any atom is 0.0541 e. The molecular formula is C26H21N. The van der Waals surface area contributed by atoms with Crippen molar-refractivity contribution in [2.45, 2.75) is 12.3 Å². The average molecular weight is 347 g/mol. The van der Waals surface area contributed by atoms with Crippen molar-refractivity contribution in [1.29, 1.82) is 0 Å². The van der Waals surface area contributed by atoms with Gasteiger partial charge in [-0.2, -0.15) is 0 Å². The third-order valence-electron chi connectivity index (χ3n) is 5.55. The van der Waals surface area contributed by atoms with Gasteiger partial charge in [-0.15, -0.1) is 0 Å². The van der Waals surface area contributed by atoms with E-state index in [4.69, 9.17) is 0 Å². The lowest BCUT2D eigenvalue weighted by Gasteiger charge is -2.22. The van der Waals surface area contributed by atoms with Crippen LogP contribution < -0.4 is 0 Å². The lowest BCUT2D eigenvalue weighted by molar-refractivity contribution is 0.766. The van der Waals surface area contributed by atoms with Gasteiger partial charge in [-0.05, 0) is 36.8 Å². The summed E-state index contributed by atoms with van der Waals surface area (Å²) in [6.07, 6.45) is 9.23. The lowest BCUT2D eigenvalue weighted by atomic mass is 9.82. The molecule has 1 nitrogen and oxygen atoms in total. The summed E-state index contributed by atoms with van der Waals surface area (Å²) in [6.45, 7) is 2.27. The van der Waals surface area contributed by atoms with Crippen LogP contribution in [-0.2, 0) is 5.41 Å². The minimum Gasteiger partial charge on any atom is -0.309 e. The Kier molecular flexibility index (Phi) is 3.61. The Morgan fingerprint density at radius 3 is 2.07 bits per heavy atom. The Hall–Kier alpha value is -3.32. The van der Waals surface area contributed by atoms with E-state index in [1.54, 1.807) is 0 Å². The second-order valence-corrected chi connectivity index (χ2v) is 7.30. The molecule has 1 aliphatic carbocycles. The molecule has 27 heavy (non-hydrogen) atoms. The summed E-state index contributed by atoms with van der Waals surface area (Å²) in [4.78, 5) is 0. The molecule has 1 aromatic heterocycles. The molecule has 0 radical (unpaired) electrons. The van der Waals surface area contributed by atoms with Crippen LogP contribution in [0.2, 0.25) is 0 Å². The molecule has 1 heterocycles. The van der Waals surface area contributed by atoms with Crippen LogP contribution in [0.4, 0.5) is 0 Å². The van der Waals surface area contributed by atoms with Crippen LogP contribution in [0.25, 0.3) is 28.7 Å². The third-order valence-corrected chi connectivity index (χ3v) is 5.55. The van der Waals surface area contributed by atoms with Crippen LogP contribution in [0.15, 0.2) is 97.1 Å². The first kappa shape index (κ1) is 15.9. The normalized spacial score (nSPS) is 18.4. The fraction of sp³-hybridized carbons (Fsp3) is 0.0769. The molecule has 1 atom stereocenters. The summed E-state index contributed by atoms with van der Waals surface area (Å²) in [5, 5.41) is 1.29. The predicted octanol–water partition coefficient (Wildman–Crippen LogP) is 6.63. The van der Waals surface area contributed by atoms with Gasteiger partial charge in [-0.1, -0.05) is 85.0 Å². The van der Waals surface area contributed by atoms with E-state index in [9.17, 15) is 0 Å². The van der Waals surface area contributed by atoms with E-state index in [2.05, 4.69) is 121 Å². The summed E-state index contributed by atoms with van der Waals surface area (Å²) in [5.41, 5.74) is 6.13. The van der Waals surface area contributed by atoms with Gasteiger partial charge in [0.2, 0.25) is 0 Å². The highest BCUT2D eigenvalue weighted by Crippen LogP contribution is 2.37. The molecule has 130 valence electrons. The van der Waals surface area contributed by atoms with Crippen molar-refractivity contribution in [3.8, 4) is 5.69 Å². The summed E-state index contributed by atoms with van der Waals surface area (Å²) in [6, 6.07) is 30.0. The standard InChI is InChI=1S/C26H21N/c1-26(20-10-4-2-5-11-20)18-16-23-22-14-8-9-15-24(22)27(25(23)17-19-26)21-12-6-3-7-13-21/h2-19H,1H3. The number of benzene rings is 3. The van der Waals surface area contributed by atoms with Gasteiger partial charge in [-0.25, -0.2) is 0 Å². The number of hydrogen-bond donors (Lipinski definition) is 0. The fourth-order valence-electron chi connectivity index (χ4n) is 4.03. The number of rotatable bonds is 2. The van der Waals surface area contributed by atoms with E-state index in [1.165, 1.54) is 33.4 Å². The van der Waals surface area contributed by atoms with Crippen LogP contribution in [0.5, 0.6) is 0 Å². The molecule has 0 saturated carbocycles. The zero-order valence-electron chi connectivity index (χ0n) is 15.3. The Balaban J connectivity index is 1.77. The largest absolute Gasteiger partial charge is 0.309 e. The van der Waals surface area contributed by atoms with E-state index in [0.717, 1.165) is 0 Å². The topological polar surface area (TPSA) is 4.93 Å². The molecule has 1 aliphatic rings. The van der Waals surface area contributed by atoms with Crippen LogP contribution in [-0.4, -0.2) is 4.57 Å². The van der Waals surface area contributed by atoms with Gasteiger partial charge in [0.1, 0.15) is 0 Å². The molecule has 5 rings (SSSR count). The SMILES string of the molecule is CC1(c2ccccc2)C=Cc2c(n(-c3ccccc3)c3ccccc23)C=C1. The summed E-state index contributed by atoms with van der Waals surface area (Å²) >= 11 is 0. The smallest absolute Gasteiger partial charge is 0.0541 e. The van der Waals surface area contributed by atoms with Gasteiger partial charge in [0.05, 0.1) is 11.2 Å². The van der Waals surface area contributed by atoms with Gasteiger partial charge in [-0.3, -0.25) is 0 Å². The van der Waals surface area contributed by atoms with Gasteiger partial charge >= 0.3 is 0 Å². The first-order valence-electron chi connectivity index (χ1n) is 9.39. The Bertz CT molecular complexity index is 1160. The van der Waals surface area contributed by atoms with E-state index in [-0.39, 0.29) is 5.41 Å². The highest BCUT2D eigenvalue weighted by atomic mass is 15.0. The fourth-order valence-corrected chi connectivity index (χ4v) is 4.03. The number of fused-ring (bicyclic) bond motifs is 3. The predicted molar refractivity (Wildman–Crippen MR) is 115 cm³/mol. The maximum absolute atomic E-state index is 2.36. The zero-order chi connectivity index (χ0) is 18.3. The summed E-state index contributed by atoms with van der Waals surface area (Å²) < 4.78 is 2.36. The van der Waals surface area contributed by atoms with Gasteiger partial charge in [0.15, 0.2) is 0 Å². The van der Waals surface area contributed by atoms with Crippen LogP contribution in [0.3, 0.4) is 0 Å². The molecule has 4 aromatic rings. The first-order valence-corrected chi connectivity index (χ1v) is 9.39. The molecule has 0 bridgehead atoms. The van der Waals surface area contributed by atoms with E-state index in [1.807, 2.05) is 0 Å². The Morgan fingerprint density at radius 1 is 0.667 bits per heavy atom. The van der Waals surface area contributed by atoms with Gasteiger partial charge in [0.25, 0.3) is 0 Å². The number of nitrogens with zero attached hydrogens (tertiary/aromatic N) is 1. The summed E-state index contributed by atoms with van der Waals surface area (Å²) in [5.74, 6) is 0. The van der Waals surface area contributed by atoms with Crippen LogP contribution in [0.1, 0.15) is 23.7 Å². The molecule has 1 heteroatoms. The number of allylic oxidation sites excluding steroid dienone is 2. The van der Waals surface area contributed by atoms with Crippen molar-refractivity contribution in [3.05, 3.63) is 114 Å². The van der Waals surface area contributed by atoms with E-state index >= 15 is 0 Å². The Morgan fingerprint density at radius 2 is 1.30 bits per heavy atom. The molecule has 0 amide bonds. The number of aromatic nitrogens is 1.